The van der Waals surface area contributed by atoms with Crippen LogP contribution in [0.5, 0.6) is 11.6 Å². The second-order valence-corrected chi connectivity index (χ2v) is 7.78. The zero-order valence-corrected chi connectivity index (χ0v) is 15.9. The summed E-state index contributed by atoms with van der Waals surface area (Å²) in [5.41, 5.74) is 1.13. The molecule has 0 amide bonds. The number of benzene rings is 1. The highest BCUT2D eigenvalue weighted by Gasteiger charge is 2.37. The number of fused-ring (bicyclic) bond motifs is 1. The van der Waals surface area contributed by atoms with Gasteiger partial charge in [0.15, 0.2) is 6.04 Å². The number of quaternary nitrogens is 1. The summed E-state index contributed by atoms with van der Waals surface area (Å²) in [5.74, 6) is 0.987. The Morgan fingerprint density at radius 1 is 1.27 bits per heavy atom. The topological polar surface area (TPSA) is 73.3 Å². The van der Waals surface area contributed by atoms with Crippen LogP contribution in [0.15, 0.2) is 30.6 Å². The van der Waals surface area contributed by atoms with Crippen molar-refractivity contribution in [1.29, 1.82) is 0 Å². The number of hydrogen-bond acceptors (Lipinski definition) is 6. The summed E-state index contributed by atoms with van der Waals surface area (Å²) in [5, 5.41) is 14.9. The second-order valence-electron chi connectivity index (χ2n) is 6.77. The summed E-state index contributed by atoms with van der Waals surface area (Å²) in [6.07, 6.45) is 1.79. The number of hydrogen-bond donors (Lipinski definition) is 2. The standard InChI is InChI=1S/C18H22N4O3S/c1-11-8-21(9-12(2)25-11)15(13-4-6-14(24-3)7-5-13)16-17(23)22-18(26-16)19-10-20-22/h4-7,10-12,15,23H,8-9H2,1-3H3/p+1/t11-,12-,15-/m0/s1. The van der Waals surface area contributed by atoms with Gasteiger partial charge < -0.3 is 19.5 Å². The van der Waals surface area contributed by atoms with Gasteiger partial charge in [-0.25, -0.2) is 4.98 Å². The number of nitrogens with zero attached hydrogens (tertiary/aromatic N) is 3. The minimum atomic E-state index is -0.0109. The third-order valence-electron chi connectivity index (χ3n) is 4.82. The van der Waals surface area contributed by atoms with Gasteiger partial charge in [-0.1, -0.05) is 11.3 Å². The van der Waals surface area contributed by atoms with Crippen LogP contribution in [0.2, 0.25) is 0 Å². The third-order valence-corrected chi connectivity index (χ3v) is 5.92. The quantitative estimate of drug-likeness (QED) is 0.719. The van der Waals surface area contributed by atoms with Crippen molar-refractivity contribution in [2.75, 3.05) is 20.2 Å². The maximum Gasteiger partial charge on any atom is 0.235 e. The fourth-order valence-electron chi connectivity index (χ4n) is 3.80. The molecule has 1 saturated heterocycles. The Kier molecular flexibility index (Phi) is 4.56. The predicted molar refractivity (Wildman–Crippen MR) is 98.1 cm³/mol. The van der Waals surface area contributed by atoms with Crippen LogP contribution < -0.4 is 9.64 Å². The van der Waals surface area contributed by atoms with Crippen LogP contribution in [0.4, 0.5) is 0 Å². The van der Waals surface area contributed by atoms with E-state index in [0.717, 1.165) is 29.3 Å². The van der Waals surface area contributed by atoms with E-state index in [-0.39, 0.29) is 24.1 Å². The molecule has 0 bridgehead atoms. The van der Waals surface area contributed by atoms with E-state index in [1.807, 2.05) is 12.1 Å². The average Bonchev–Trinajstić information content (AvgIpc) is 3.19. The molecule has 2 N–H and O–H groups in total. The van der Waals surface area contributed by atoms with Gasteiger partial charge >= 0.3 is 0 Å². The SMILES string of the molecule is COc1ccc([C@@H](c2sc3ncnn3c2O)[NH+]2C[C@H](C)O[C@@H](C)C2)cc1. The lowest BCUT2D eigenvalue weighted by atomic mass is 10.0. The molecule has 0 radical (unpaired) electrons. The summed E-state index contributed by atoms with van der Waals surface area (Å²) in [7, 11) is 1.66. The van der Waals surface area contributed by atoms with Crippen LogP contribution >= 0.6 is 11.3 Å². The first-order valence-corrected chi connectivity index (χ1v) is 9.54. The molecule has 1 aliphatic rings. The Morgan fingerprint density at radius 2 is 1.96 bits per heavy atom. The van der Waals surface area contributed by atoms with Crippen molar-refractivity contribution < 1.29 is 19.5 Å². The molecule has 1 aliphatic heterocycles. The van der Waals surface area contributed by atoms with Crippen LogP contribution in [0.1, 0.15) is 30.3 Å². The number of thiazole rings is 1. The molecule has 0 aliphatic carbocycles. The molecule has 1 fully saturated rings. The van der Waals surface area contributed by atoms with E-state index in [2.05, 4.69) is 36.1 Å². The number of nitrogens with one attached hydrogen (secondary N) is 1. The van der Waals surface area contributed by atoms with Crippen LogP contribution in [0.3, 0.4) is 0 Å². The molecule has 3 aromatic rings. The minimum absolute atomic E-state index is 0.0109. The number of rotatable bonds is 4. The van der Waals surface area contributed by atoms with Crippen LogP contribution in [0.25, 0.3) is 4.96 Å². The van der Waals surface area contributed by atoms with Gasteiger partial charge in [0.25, 0.3) is 0 Å². The fourth-order valence-corrected chi connectivity index (χ4v) is 4.92. The summed E-state index contributed by atoms with van der Waals surface area (Å²) in [6, 6.07) is 8.04. The molecule has 0 spiro atoms. The van der Waals surface area contributed by atoms with Crippen molar-refractivity contribution in [2.45, 2.75) is 32.1 Å². The molecular weight excluding hydrogens is 352 g/mol. The van der Waals surface area contributed by atoms with Crippen LogP contribution in [-0.2, 0) is 4.74 Å². The molecule has 2 aromatic heterocycles. The number of aromatic nitrogens is 3. The lowest BCUT2D eigenvalue weighted by molar-refractivity contribution is -0.939. The lowest BCUT2D eigenvalue weighted by Gasteiger charge is -2.37. The van der Waals surface area contributed by atoms with Gasteiger partial charge in [0, 0.05) is 5.56 Å². The zero-order valence-electron chi connectivity index (χ0n) is 15.0. The number of ether oxygens (including phenoxy) is 2. The second kappa shape index (κ2) is 6.86. The number of morpholine rings is 1. The van der Waals surface area contributed by atoms with Crippen LogP contribution in [0, 0.1) is 0 Å². The average molecular weight is 375 g/mol. The van der Waals surface area contributed by atoms with Crippen molar-refractivity contribution in [2.24, 2.45) is 0 Å². The van der Waals surface area contributed by atoms with Crippen LogP contribution in [-0.4, -0.2) is 52.1 Å². The Labute approximate surface area is 155 Å². The monoisotopic (exact) mass is 375 g/mol. The largest absolute Gasteiger partial charge is 0.497 e. The van der Waals surface area contributed by atoms with Crippen molar-refractivity contribution in [3.8, 4) is 11.6 Å². The Bertz CT molecular complexity index is 882. The highest BCUT2D eigenvalue weighted by Crippen LogP contribution is 2.35. The van der Waals surface area contributed by atoms with Gasteiger partial charge in [-0.05, 0) is 38.1 Å². The lowest BCUT2D eigenvalue weighted by Crippen LogP contribution is -3.15. The molecule has 0 unspecified atom stereocenters. The summed E-state index contributed by atoms with van der Waals surface area (Å²) in [6.45, 7) is 5.94. The highest BCUT2D eigenvalue weighted by atomic mass is 32.1. The molecule has 26 heavy (non-hydrogen) atoms. The first-order chi connectivity index (χ1) is 12.6. The molecule has 138 valence electrons. The van der Waals surface area contributed by atoms with Crippen molar-refractivity contribution in [3.05, 3.63) is 41.0 Å². The van der Waals surface area contributed by atoms with E-state index >= 15 is 0 Å². The zero-order chi connectivity index (χ0) is 18.3. The van der Waals surface area contributed by atoms with Gasteiger partial charge in [0.2, 0.25) is 10.8 Å². The fraction of sp³-hybridized carbons (Fsp3) is 0.444. The van der Waals surface area contributed by atoms with E-state index in [9.17, 15) is 5.11 Å². The van der Waals surface area contributed by atoms with E-state index in [1.54, 1.807) is 7.11 Å². The number of methoxy groups -OCH3 is 1. The highest BCUT2D eigenvalue weighted by molar-refractivity contribution is 7.17. The van der Waals surface area contributed by atoms with Crippen molar-refractivity contribution in [3.63, 3.8) is 0 Å². The summed E-state index contributed by atoms with van der Waals surface area (Å²) >= 11 is 1.49. The molecule has 3 atom stereocenters. The predicted octanol–water partition coefficient (Wildman–Crippen LogP) is 1.29. The van der Waals surface area contributed by atoms with Gasteiger partial charge in [-0.3, -0.25) is 0 Å². The normalized spacial score (nSPS) is 24.7. The van der Waals surface area contributed by atoms with Gasteiger partial charge in [0.1, 0.15) is 42.3 Å². The Hall–Kier alpha value is -2.16. The summed E-state index contributed by atoms with van der Waals surface area (Å²) < 4.78 is 12.7. The van der Waals surface area contributed by atoms with Gasteiger partial charge in [0.05, 0.1) is 7.11 Å². The van der Waals surface area contributed by atoms with Crippen molar-refractivity contribution >= 4 is 16.3 Å². The molecule has 3 heterocycles. The molecule has 8 heteroatoms. The van der Waals surface area contributed by atoms with Gasteiger partial charge in [-0.15, -0.1) is 0 Å². The number of aromatic hydroxyl groups is 1. The molecule has 4 rings (SSSR count). The minimum Gasteiger partial charge on any atom is -0.497 e. The van der Waals surface area contributed by atoms with E-state index in [0.29, 0.717) is 4.96 Å². The third kappa shape index (κ3) is 3.04. The first kappa shape index (κ1) is 17.3. The smallest absolute Gasteiger partial charge is 0.235 e. The molecule has 7 nitrogen and oxygen atoms in total. The Morgan fingerprint density at radius 3 is 2.58 bits per heavy atom. The van der Waals surface area contributed by atoms with E-state index in [1.165, 1.54) is 27.1 Å². The van der Waals surface area contributed by atoms with Crippen molar-refractivity contribution in [1.82, 2.24) is 14.6 Å². The van der Waals surface area contributed by atoms with Gasteiger partial charge in [-0.2, -0.15) is 9.61 Å². The molecule has 1 aromatic carbocycles. The maximum atomic E-state index is 10.8. The first-order valence-electron chi connectivity index (χ1n) is 8.72. The Balaban J connectivity index is 1.80. The maximum absolute atomic E-state index is 10.8. The molecular formula is C18H23N4O3S+. The van der Waals surface area contributed by atoms with E-state index < -0.39 is 0 Å². The van der Waals surface area contributed by atoms with E-state index in [4.69, 9.17) is 9.47 Å². The summed E-state index contributed by atoms with van der Waals surface area (Å²) in [4.78, 5) is 7.17. The molecule has 0 saturated carbocycles.